The number of hydrogen-bond acceptors (Lipinski definition) is 6. The van der Waals surface area contributed by atoms with E-state index in [9.17, 15) is 9.59 Å². The summed E-state index contributed by atoms with van der Waals surface area (Å²) in [5.41, 5.74) is 0. The van der Waals surface area contributed by atoms with Crippen LogP contribution >= 0.6 is 0 Å². The molecule has 0 spiro atoms. The first-order valence-corrected chi connectivity index (χ1v) is 8.19. The molecule has 0 N–H and O–H groups in total. The van der Waals surface area contributed by atoms with Gasteiger partial charge in [-0.05, 0) is 25.0 Å². The molecule has 24 heavy (non-hydrogen) atoms. The first kappa shape index (κ1) is 19.8. The maximum Gasteiger partial charge on any atom is 0.311 e. The van der Waals surface area contributed by atoms with Crippen molar-refractivity contribution in [2.75, 3.05) is 20.8 Å². The quantitative estimate of drug-likeness (QED) is 0.349. The van der Waals surface area contributed by atoms with Gasteiger partial charge in [-0.2, -0.15) is 0 Å². The van der Waals surface area contributed by atoms with E-state index in [0.717, 1.165) is 19.3 Å². The number of unbranched alkanes of at least 4 members (excludes halogenated alkanes) is 2. The molecular weight excluding hydrogens is 312 g/mol. The number of methoxy groups -OCH3 is 2. The number of esters is 2. The fourth-order valence-electron chi connectivity index (χ4n) is 2.07. The molecule has 0 heterocycles. The lowest BCUT2D eigenvalue weighted by Gasteiger charge is -2.12. The number of rotatable bonds is 11. The number of carbonyl (C=O) groups excluding carboxylic acids is 2. The molecular formula is C18H26O6. The monoisotopic (exact) mass is 338 g/mol. The third-order valence-corrected chi connectivity index (χ3v) is 3.37. The molecule has 0 aliphatic rings. The molecule has 0 aliphatic carbocycles. The van der Waals surface area contributed by atoms with Crippen molar-refractivity contribution >= 4 is 11.9 Å². The molecule has 0 aliphatic heterocycles. The molecule has 0 saturated carbocycles. The lowest BCUT2D eigenvalue weighted by Crippen LogP contribution is -2.11. The minimum atomic E-state index is -0.448. The summed E-state index contributed by atoms with van der Waals surface area (Å²) in [5, 5.41) is 0. The van der Waals surface area contributed by atoms with Crippen LogP contribution in [-0.4, -0.2) is 32.8 Å². The first-order chi connectivity index (χ1) is 11.6. The molecule has 0 fully saturated rings. The summed E-state index contributed by atoms with van der Waals surface area (Å²) in [5.74, 6) is 0.344. The van der Waals surface area contributed by atoms with Crippen molar-refractivity contribution < 1.29 is 28.5 Å². The van der Waals surface area contributed by atoms with Gasteiger partial charge in [-0.25, -0.2) is 0 Å². The van der Waals surface area contributed by atoms with Crippen LogP contribution in [0.5, 0.6) is 17.2 Å². The molecule has 6 nitrogen and oxygen atoms in total. The fraction of sp³-hybridized carbons (Fsp3) is 0.556. The summed E-state index contributed by atoms with van der Waals surface area (Å²) >= 11 is 0. The van der Waals surface area contributed by atoms with Crippen LogP contribution in [0.25, 0.3) is 0 Å². The van der Waals surface area contributed by atoms with Gasteiger partial charge in [-0.1, -0.05) is 25.8 Å². The van der Waals surface area contributed by atoms with E-state index in [4.69, 9.17) is 18.9 Å². The Hall–Kier alpha value is -2.24. The molecule has 1 aromatic carbocycles. The minimum Gasteiger partial charge on any atom is -0.493 e. The van der Waals surface area contributed by atoms with Gasteiger partial charge < -0.3 is 18.9 Å². The summed E-state index contributed by atoms with van der Waals surface area (Å²) < 4.78 is 20.7. The lowest BCUT2D eigenvalue weighted by molar-refractivity contribution is -0.144. The Morgan fingerprint density at radius 2 is 1.54 bits per heavy atom. The lowest BCUT2D eigenvalue weighted by atomic mass is 10.2. The number of para-hydroxylation sites is 1. The average Bonchev–Trinajstić information content (AvgIpc) is 2.59. The molecule has 0 atom stereocenters. The standard InChI is InChI=1S/C18H26O6/c1-4-5-6-13-23-16(19)11-8-12-17(20)24-18-14(21-2)9-7-10-15(18)22-3/h7,9-10H,4-6,8,11-13H2,1-3H3. The summed E-state index contributed by atoms with van der Waals surface area (Å²) in [4.78, 5) is 23.5. The Labute approximate surface area is 143 Å². The van der Waals surface area contributed by atoms with Gasteiger partial charge in [-0.15, -0.1) is 0 Å². The first-order valence-electron chi connectivity index (χ1n) is 8.19. The van der Waals surface area contributed by atoms with Crippen molar-refractivity contribution in [3.8, 4) is 17.2 Å². The number of hydrogen-bond donors (Lipinski definition) is 0. The molecule has 6 heteroatoms. The molecule has 0 unspecified atom stereocenters. The zero-order valence-corrected chi connectivity index (χ0v) is 14.6. The number of benzene rings is 1. The van der Waals surface area contributed by atoms with E-state index in [1.807, 2.05) is 0 Å². The van der Waals surface area contributed by atoms with Crippen molar-refractivity contribution in [2.24, 2.45) is 0 Å². The van der Waals surface area contributed by atoms with Crippen LogP contribution in [0, 0.1) is 0 Å². The van der Waals surface area contributed by atoms with Gasteiger partial charge in [0.05, 0.1) is 20.8 Å². The minimum absolute atomic E-state index is 0.116. The summed E-state index contributed by atoms with van der Waals surface area (Å²) in [6.07, 6.45) is 3.69. The highest BCUT2D eigenvalue weighted by Crippen LogP contribution is 2.37. The van der Waals surface area contributed by atoms with E-state index >= 15 is 0 Å². The summed E-state index contributed by atoms with van der Waals surface area (Å²) in [7, 11) is 2.97. The SMILES string of the molecule is CCCCCOC(=O)CCCC(=O)Oc1c(OC)cccc1OC. The predicted octanol–water partition coefficient (Wildman–Crippen LogP) is 3.51. The van der Waals surface area contributed by atoms with Gasteiger partial charge in [0, 0.05) is 12.8 Å². The highest BCUT2D eigenvalue weighted by atomic mass is 16.6. The van der Waals surface area contributed by atoms with Crippen LogP contribution in [0.15, 0.2) is 18.2 Å². The molecule has 1 rings (SSSR count). The van der Waals surface area contributed by atoms with Gasteiger partial charge in [0.1, 0.15) is 0 Å². The summed E-state index contributed by atoms with van der Waals surface area (Å²) in [6, 6.07) is 5.10. The second kappa shape index (κ2) is 11.3. The van der Waals surface area contributed by atoms with Gasteiger partial charge in [0.2, 0.25) is 5.75 Å². The summed E-state index contributed by atoms with van der Waals surface area (Å²) in [6.45, 7) is 2.53. The van der Waals surface area contributed by atoms with E-state index in [1.54, 1.807) is 18.2 Å². The van der Waals surface area contributed by atoms with Crippen molar-refractivity contribution in [1.29, 1.82) is 0 Å². The molecule has 0 amide bonds. The third-order valence-electron chi connectivity index (χ3n) is 3.37. The van der Waals surface area contributed by atoms with E-state index in [-0.39, 0.29) is 24.6 Å². The van der Waals surface area contributed by atoms with Crippen molar-refractivity contribution in [1.82, 2.24) is 0 Å². The topological polar surface area (TPSA) is 71.1 Å². The van der Waals surface area contributed by atoms with Gasteiger partial charge in [0.15, 0.2) is 11.5 Å². The van der Waals surface area contributed by atoms with Crippen LogP contribution in [0.4, 0.5) is 0 Å². The van der Waals surface area contributed by atoms with E-state index < -0.39 is 5.97 Å². The Balaban J connectivity index is 2.38. The van der Waals surface area contributed by atoms with Crippen LogP contribution < -0.4 is 14.2 Å². The van der Waals surface area contributed by atoms with Crippen LogP contribution in [0.2, 0.25) is 0 Å². The Morgan fingerprint density at radius 3 is 2.12 bits per heavy atom. The van der Waals surface area contributed by atoms with Crippen LogP contribution in [0.3, 0.4) is 0 Å². The zero-order chi connectivity index (χ0) is 17.8. The molecule has 0 saturated heterocycles. The second-order valence-electron chi connectivity index (χ2n) is 5.25. The maximum atomic E-state index is 11.9. The Bertz CT molecular complexity index is 504. The van der Waals surface area contributed by atoms with E-state index in [0.29, 0.717) is 24.5 Å². The fourth-order valence-corrected chi connectivity index (χ4v) is 2.07. The van der Waals surface area contributed by atoms with Crippen molar-refractivity contribution in [2.45, 2.75) is 45.4 Å². The predicted molar refractivity (Wildman–Crippen MR) is 89.5 cm³/mol. The highest BCUT2D eigenvalue weighted by molar-refractivity contribution is 5.75. The Morgan fingerprint density at radius 1 is 0.917 bits per heavy atom. The van der Waals surface area contributed by atoms with Gasteiger partial charge >= 0.3 is 11.9 Å². The van der Waals surface area contributed by atoms with Crippen molar-refractivity contribution in [3.63, 3.8) is 0 Å². The highest BCUT2D eigenvalue weighted by Gasteiger charge is 2.16. The zero-order valence-electron chi connectivity index (χ0n) is 14.6. The molecule has 1 aromatic rings. The second-order valence-corrected chi connectivity index (χ2v) is 5.25. The smallest absolute Gasteiger partial charge is 0.311 e. The molecule has 0 radical (unpaired) electrons. The maximum absolute atomic E-state index is 11.9. The largest absolute Gasteiger partial charge is 0.493 e. The van der Waals surface area contributed by atoms with Gasteiger partial charge in [-0.3, -0.25) is 9.59 Å². The third kappa shape index (κ3) is 6.89. The van der Waals surface area contributed by atoms with E-state index in [2.05, 4.69) is 6.92 Å². The molecule has 0 bridgehead atoms. The van der Waals surface area contributed by atoms with Gasteiger partial charge in [0.25, 0.3) is 0 Å². The average molecular weight is 338 g/mol. The van der Waals surface area contributed by atoms with E-state index in [1.165, 1.54) is 14.2 Å². The van der Waals surface area contributed by atoms with Crippen LogP contribution in [0.1, 0.15) is 45.4 Å². The van der Waals surface area contributed by atoms with Crippen molar-refractivity contribution in [3.05, 3.63) is 18.2 Å². The molecule has 0 aromatic heterocycles. The number of carbonyl (C=O) groups is 2. The normalized spacial score (nSPS) is 10.1. The Kier molecular flexibility index (Phi) is 9.34. The van der Waals surface area contributed by atoms with Crippen LogP contribution in [-0.2, 0) is 14.3 Å². The number of ether oxygens (including phenoxy) is 4. The molecule has 134 valence electrons.